The van der Waals surface area contributed by atoms with Crippen LogP contribution in [0, 0.1) is 0 Å². The topological polar surface area (TPSA) is 79.9 Å². The summed E-state index contributed by atoms with van der Waals surface area (Å²) in [4.78, 5) is 27.1. The van der Waals surface area contributed by atoms with E-state index in [9.17, 15) is 9.59 Å². The zero-order chi connectivity index (χ0) is 19.9. The van der Waals surface area contributed by atoms with Crippen molar-refractivity contribution in [3.8, 4) is 11.5 Å². The van der Waals surface area contributed by atoms with Crippen LogP contribution in [0.2, 0.25) is 0 Å². The molecule has 1 atom stereocenters. The van der Waals surface area contributed by atoms with Crippen molar-refractivity contribution in [2.24, 2.45) is 0 Å². The number of ether oxygens (including phenoxy) is 2. The number of likely N-dealkylation sites (tertiary alicyclic amines) is 1. The highest BCUT2D eigenvalue weighted by molar-refractivity contribution is 6.00. The molecule has 0 saturated carbocycles. The standard InChI is InChI=1S/C21H25N3O4/c1-3-28-19-12-5-4-10-17(19)23-20(25)18-11-7-13-24(18)21(26)22-15-8-6-9-16(14-15)27-2/h4-6,8-10,12,14,18H,3,7,11,13H2,1-2H3,(H,22,26)(H,23,25)/t18-/m0/s1. The van der Waals surface area contributed by atoms with Crippen LogP contribution >= 0.6 is 0 Å². The van der Waals surface area contributed by atoms with Gasteiger partial charge in [-0.2, -0.15) is 0 Å². The summed E-state index contributed by atoms with van der Waals surface area (Å²) >= 11 is 0. The summed E-state index contributed by atoms with van der Waals surface area (Å²) < 4.78 is 10.7. The third kappa shape index (κ3) is 4.54. The van der Waals surface area contributed by atoms with Gasteiger partial charge in [-0.15, -0.1) is 0 Å². The molecule has 7 nitrogen and oxygen atoms in total. The Hall–Kier alpha value is -3.22. The molecule has 1 saturated heterocycles. The molecule has 1 aliphatic heterocycles. The monoisotopic (exact) mass is 383 g/mol. The maximum absolute atomic E-state index is 12.8. The Bertz CT molecular complexity index is 840. The molecule has 0 radical (unpaired) electrons. The van der Waals surface area contributed by atoms with E-state index in [0.717, 1.165) is 6.42 Å². The number of hydrogen-bond donors (Lipinski definition) is 2. The van der Waals surface area contributed by atoms with Crippen LogP contribution in [0.15, 0.2) is 48.5 Å². The van der Waals surface area contributed by atoms with Crippen molar-refractivity contribution in [3.63, 3.8) is 0 Å². The van der Waals surface area contributed by atoms with E-state index in [1.54, 1.807) is 48.4 Å². The molecular weight excluding hydrogens is 358 g/mol. The van der Waals surface area contributed by atoms with E-state index in [-0.39, 0.29) is 11.9 Å². The SMILES string of the molecule is CCOc1ccccc1NC(=O)[C@@H]1CCCN1C(=O)Nc1cccc(OC)c1. The lowest BCUT2D eigenvalue weighted by Crippen LogP contribution is -2.45. The van der Waals surface area contributed by atoms with Crippen LogP contribution in [0.1, 0.15) is 19.8 Å². The molecular formula is C21H25N3O4. The molecule has 1 fully saturated rings. The lowest BCUT2D eigenvalue weighted by atomic mass is 10.2. The molecule has 0 unspecified atom stereocenters. The second-order valence-corrected chi connectivity index (χ2v) is 6.43. The van der Waals surface area contributed by atoms with Crippen LogP contribution in [0.5, 0.6) is 11.5 Å². The molecule has 0 aliphatic carbocycles. The van der Waals surface area contributed by atoms with Gasteiger partial charge in [0.15, 0.2) is 0 Å². The molecule has 1 heterocycles. The molecule has 148 valence electrons. The molecule has 1 aliphatic rings. The van der Waals surface area contributed by atoms with Gasteiger partial charge in [0, 0.05) is 18.3 Å². The number of carbonyl (C=O) groups excluding carboxylic acids is 2. The summed E-state index contributed by atoms with van der Waals surface area (Å²) in [5, 5.41) is 5.74. The highest BCUT2D eigenvalue weighted by atomic mass is 16.5. The number of urea groups is 1. The van der Waals surface area contributed by atoms with Gasteiger partial charge in [0.1, 0.15) is 17.5 Å². The van der Waals surface area contributed by atoms with Crippen molar-refractivity contribution < 1.29 is 19.1 Å². The number of carbonyl (C=O) groups is 2. The fraction of sp³-hybridized carbons (Fsp3) is 0.333. The van der Waals surface area contributed by atoms with Gasteiger partial charge in [0.2, 0.25) is 5.91 Å². The second kappa shape index (κ2) is 9.12. The molecule has 3 amide bonds. The fourth-order valence-corrected chi connectivity index (χ4v) is 3.25. The van der Waals surface area contributed by atoms with E-state index in [4.69, 9.17) is 9.47 Å². The van der Waals surface area contributed by atoms with Crippen molar-refractivity contribution in [1.29, 1.82) is 0 Å². The number of rotatable bonds is 6. The van der Waals surface area contributed by atoms with Crippen molar-refractivity contribution in [3.05, 3.63) is 48.5 Å². The minimum atomic E-state index is -0.528. The predicted octanol–water partition coefficient (Wildman–Crippen LogP) is 3.73. The Labute approximate surface area is 164 Å². The number of amides is 3. The quantitative estimate of drug-likeness (QED) is 0.797. The molecule has 0 spiro atoms. The number of para-hydroxylation sites is 2. The van der Waals surface area contributed by atoms with Gasteiger partial charge < -0.3 is 25.0 Å². The molecule has 7 heteroatoms. The summed E-state index contributed by atoms with van der Waals surface area (Å²) in [7, 11) is 1.57. The number of nitrogens with one attached hydrogen (secondary N) is 2. The smallest absolute Gasteiger partial charge is 0.322 e. The van der Waals surface area contributed by atoms with E-state index < -0.39 is 6.04 Å². The van der Waals surface area contributed by atoms with Crippen LogP contribution in [0.25, 0.3) is 0 Å². The zero-order valence-corrected chi connectivity index (χ0v) is 16.1. The minimum absolute atomic E-state index is 0.217. The molecule has 0 bridgehead atoms. The molecule has 2 N–H and O–H groups in total. The minimum Gasteiger partial charge on any atom is -0.497 e. The largest absolute Gasteiger partial charge is 0.497 e. The zero-order valence-electron chi connectivity index (χ0n) is 16.1. The first-order chi connectivity index (χ1) is 13.6. The summed E-state index contributed by atoms with van der Waals surface area (Å²) in [6, 6.07) is 13.6. The average molecular weight is 383 g/mol. The lowest BCUT2D eigenvalue weighted by molar-refractivity contribution is -0.119. The van der Waals surface area contributed by atoms with Gasteiger partial charge in [0.25, 0.3) is 0 Å². The maximum Gasteiger partial charge on any atom is 0.322 e. The first kappa shape index (κ1) is 19.5. The Balaban J connectivity index is 1.68. The lowest BCUT2D eigenvalue weighted by Gasteiger charge is -2.24. The molecule has 0 aromatic heterocycles. The van der Waals surface area contributed by atoms with Crippen molar-refractivity contribution >= 4 is 23.3 Å². The number of methoxy groups -OCH3 is 1. The normalized spacial score (nSPS) is 15.8. The van der Waals surface area contributed by atoms with E-state index in [1.165, 1.54) is 0 Å². The molecule has 28 heavy (non-hydrogen) atoms. The first-order valence-corrected chi connectivity index (χ1v) is 9.36. The fourth-order valence-electron chi connectivity index (χ4n) is 3.25. The second-order valence-electron chi connectivity index (χ2n) is 6.43. The van der Waals surface area contributed by atoms with Gasteiger partial charge in [-0.25, -0.2) is 4.79 Å². The number of hydrogen-bond acceptors (Lipinski definition) is 4. The number of anilines is 2. The van der Waals surface area contributed by atoms with Crippen LogP contribution < -0.4 is 20.1 Å². The predicted molar refractivity (Wildman–Crippen MR) is 108 cm³/mol. The van der Waals surface area contributed by atoms with Gasteiger partial charge >= 0.3 is 6.03 Å². The van der Waals surface area contributed by atoms with Crippen molar-refractivity contribution in [1.82, 2.24) is 4.90 Å². The van der Waals surface area contributed by atoms with Crippen LogP contribution in [-0.4, -0.2) is 43.1 Å². The number of benzene rings is 2. The summed E-state index contributed by atoms with van der Waals surface area (Å²) in [6.07, 6.45) is 1.39. The van der Waals surface area contributed by atoms with E-state index >= 15 is 0 Å². The van der Waals surface area contributed by atoms with Gasteiger partial charge in [-0.05, 0) is 44.0 Å². The highest BCUT2D eigenvalue weighted by Crippen LogP contribution is 2.26. The summed E-state index contributed by atoms with van der Waals surface area (Å²) in [5.74, 6) is 1.05. The summed E-state index contributed by atoms with van der Waals surface area (Å²) in [6.45, 7) is 2.92. The Kier molecular flexibility index (Phi) is 6.37. The van der Waals surface area contributed by atoms with Crippen molar-refractivity contribution in [2.75, 3.05) is 30.9 Å². The van der Waals surface area contributed by atoms with E-state index in [1.807, 2.05) is 19.1 Å². The van der Waals surface area contributed by atoms with Crippen molar-refractivity contribution in [2.45, 2.75) is 25.8 Å². The van der Waals surface area contributed by atoms with Crippen LogP contribution in [-0.2, 0) is 4.79 Å². The third-order valence-corrected chi connectivity index (χ3v) is 4.58. The summed E-state index contributed by atoms with van der Waals surface area (Å²) in [5.41, 5.74) is 1.23. The highest BCUT2D eigenvalue weighted by Gasteiger charge is 2.34. The van der Waals surface area contributed by atoms with Gasteiger partial charge in [-0.1, -0.05) is 18.2 Å². The van der Waals surface area contributed by atoms with Crippen LogP contribution in [0.3, 0.4) is 0 Å². The Morgan fingerprint density at radius 2 is 1.96 bits per heavy atom. The molecule has 2 aromatic rings. The number of nitrogens with zero attached hydrogens (tertiary/aromatic N) is 1. The third-order valence-electron chi connectivity index (χ3n) is 4.58. The first-order valence-electron chi connectivity index (χ1n) is 9.36. The molecule has 2 aromatic carbocycles. The Morgan fingerprint density at radius 1 is 1.14 bits per heavy atom. The van der Waals surface area contributed by atoms with Gasteiger partial charge in [0.05, 0.1) is 19.4 Å². The maximum atomic E-state index is 12.8. The van der Waals surface area contributed by atoms with Gasteiger partial charge in [-0.3, -0.25) is 4.79 Å². The van der Waals surface area contributed by atoms with E-state index in [2.05, 4.69) is 10.6 Å². The van der Waals surface area contributed by atoms with Crippen LogP contribution in [0.4, 0.5) is 16.2 Å². The Morgan fingerprint density at radius 3 is 2.75 bits per heavy atom. The average Bonchev–Trinajstić information content (AvgIpc) is 3.20. The molecule has 3 rings (SSSR count). The van der Waals surface area contributed by atoms with E-state index in [0.29, 0.717) is 42.4 Å².